The molecule has 0 amide bonds. The van der Waals surface area contributed by atoms with Gasteiger partial charge in [0.15, 0.2) is 0 Å². The molecular formula is C14H10Cl2O5S2. The number of hydrogen-bond donors (Lipinski definition) is 1. The van der Waals surface area contributed by atoms with E-state index in [4.69, 9.17) is 32.7 Å². The fourth-order valence-corrected chi connectivity index (χ4v) is 5.55. The average Bonchev–Trinajstić information content (AvgIpc) is 2.67. The molecule has 1 N–H and O–H groups in total. The number of fused-ring (bicyclic) bond motifs is 2. The Morgan fingerprint density at radius 3 is 2.70 bits per heavy atom. The van der Waals surface area contributed by atoms with Crippen molar-refractivity contribution >= 4 is 58.7 Å². The van der Waals surface area contributed by atoms with Crippen LogP contribution >= 0.6 is 46.7 Å². The molecule has 0 fully saturated rings. The molecule has 0 saturated carbocycles. The Hall–Kier alpha value is -1.02. The molecule has 23 heavy (non-hydrogen) atoms. The fourth-order valence-electron chi connectivity index (χ4n) is 2.22. The molecule has 0 saturated heterocycles. The lowest BCUT2D eigenvalue weighted by Gasteiger charge is -2.25. The van der Waals surface area contributed by atoms with E-state index in [0.29, 0.717) is 19.8 Å². The van der Waals surface area contributed by atoms with Crippen molar-refractivity contribution in [1.29, 1.82) is 0 Å². The van der Waals surface area contributed by atoms with Gasteiger partial charge in [-0.25, -0.2) is 9.59 Å². The van der Waals surface area contributed by atoms with Crippen LogP contribution in [0, 0.1) is 0 Å². The molecule has 5 nitrogen and oxygen atoms in total. The van der Waals surface area contributed by atoms with Gasteiger partial charge in [0, 0.05) is 9.79 Å². The lowest BCUT2D eigenvalue weighted by atomic mass is 10.1. The minimum absolute atomic E-state index is 0.0387. The zero-order chi connectivity index (χ0) is 16.8. The summed E-state index contributed by atoms with van der Waals surface area (Å²) in [7, 11) is 0. The molecule has 0 radical (unpaired) electrons. The lowest BCUT2D eigenvalue weighted by molar-refractivity contribution is -0.169. The van der Waals surface area contributed by atoms with E-state index in [1.807, 2.05) is 0 Å². The Labute approximate surface area is 150 Å². The smallest absolute Gasteiger partial charge is 0.375 e. The number of ether oxygens (including phenoxy) is 2. The van der Waals surface area contributed by atoms with Crippen molar-refractivity contribution in [1.82, 2.24) is 0 Å². The van der Waals surface area contributed by atoms with Gasteiger partial charge in [-0.3, -0.25) is 0 Å². The maximum absolute atomic E-state index is 12.4. The summed E-state index contributed by atoms with van der Waals surface area (Å²) in [5, 5.41) is 10.9. The van der Waals surface area contributed by atoms with E-state index in [1.165, 1.54) is 11.8 Å². The van der Waals surface area contributed by atoms with Gasteiger partial charge in [-0.1, -0.05) is 35.0 Å². The third-order valence-corrected chi connectivity index (χ3v) is 6.89. The van der Waals surface area contributed by atoms with Crippen LogP contribution in [0.15, 0.2) is 32.6 Å². The zero-order valence-corrected chi connectivity index (χ0v) is 14.9. The molecule has 2 aliphatic rings. The summed E-state index contributed by atoms with van der Waals surface area (Å²) in [4.78, 5) is 25.6. The maximum atomic E-state index is 12.4. The molecule has 9 heteroatoms. The summed E-state index contributed by atoms with van der Waals surface area (Å²) >= 11 is 14.6. The molecule has 0 aromatic heterocycles. The van der Waals surface area contributed by atoms with Crippen LogP contribution in [-0.2, 0) is 19.1 Å². The Morgan fingerprint density at radius 2 is 2.04 bits per heavy atom. The predicted octanol–water partition coefficient (Wildman–Crippen LogP) is 3.82. The molecule has 1 aromatic rings. The first-order valence-corrected chi connectivity index (χ1v) is 9.09. The third-order valence-electron chi connectivity index (χ3n) is 3.29. The zero-order valence-electron chi connectivity index (χ0n) is 11.7. The molecule has 1 atom stereocenters. The Bertz CT molecular complexity index is 749. The van der Waals surface area contributed by atoms with Crippen molar-refractivity contribution in [3.05, 3.63) is 32.8 Å². The summed E-state index contributed by atoms with van der Waals surface area (Å²) < 4.78 is 10.2. The van der Waals surface area contributed by atoms with Crippen LogP contribution in [0.4, 0.5) is 0 Å². The molecule has 1 aromatic carbocycles. The minimum atomic E-state index is -1.68. The van der Waals surface area contributed by atoms with Gasteiger partial charge < -0.3 is 14.6 Å². The Morgan fingerprint density at radius 1 is 1.39 bits per heavy atom. The molecule has 3 rings (SSSR count). The highest BCUT2D eigenvalue weighted by atomic mass is 35.5. The van der Waals surface area contributed by atoms with Gasteiger partial charge in [-0.15, -0.1) is 11.8 Å². The highest BCUT2D eigenvalue weighted by Gasteiger charge is 2.57. The first kappa shape index (κ1) is 16.8. The molecular weight excluding hydrogens is 383 g/mol. The van der Waals surface area contributed by atoms with Crippen LogP contribution in [0.25, 0.3) is 0 Å². The molecule has 1 unspecified atom stereocenters. The Kier molecular flexibility index (Phi) is 4.48. The monoisotopic (exact) mass is 392 g/mol. The topological polar surface area (TPSA) is 72.8 Å². The number of halogens is 2. The Balaban J connectivity index is 2.16. The first-order valence-electron chi connectivity index (χ1n) is 6.53. The van der Waals surface area contributed by atoms with Crippen molar-refractivity contribution in [2.75, 3.05) is 12.4 Å². The van der Waals surface area contributed by atoms with Crippen molar-refractivity contribution in [2.45, 2.75) is 22.3 Å². The quantitative estimate of drug-likeness (QED) is 0.766. The van der Waals surface area contributed by atoms with Crippen molar-refractivity contribution < 1.29 is 24.2 Å². The van der Waals surface area contributed by atoms with E-state index in [1.54, 1.807) is 19.1 Å². The number of benzene rings is 1. The van der Waals surface area contributed by atoms with Crippen LogP contribution in [-0.4, -0.2) is 35.0 Å². The lowest BCUT2D eigenvalue weighted by Crippen LogP contribution is -2.44. The molecule has 0 spiro atoms. The number of aliphatic hydroxyl groups is 1. The van der Waals surface area contributed by atoms with Crippen LogP contribution in [0.2, 0.25) is 10.0 Å². The second kappa shape index (κ2) is 6.12. The highest BCUT2D eigenvalue weighted by Crippen LogP contribution is 2.54. The van der Waals surface area contributed by atoms with Crippen molar-refractivity contribution in [3.8, 4) is 0 Å². The second-order valence-electron chi connectivity index (χ2n) is 4.69. The largest absolute Gasteiger partial charge is 0.501 e. The summed E-state index contributed by atoms with van der Waals surface area (Å²) in [6.07, 6.45) is 0. The summed E-state index contributed by atoms with van der Waals surface area (Å²) in [6, 6.07) is 3.26. The minimum Gasteiger partial charge on any atom is -0.501 e. The number of thioether (sulfide) groups is 2. The van der Waals surface area contributed by atoms with Gasteiger partial charge in [0.2, 0.25) is 5.76 Å². The number of carbonyl (C=O) groups excluding carboxylic acids is 2. The fraction of sp³-hybridized carbons (Fsp3) is 0.286. The van der Waals surface area contributed by atoms with Crippen LogP contribution in [0.1, 0.15) is 6.92 Å². The molecule has 2 aliphatic heterocycles. The SMILES string of the molecule is CCOC(=O)C12CSc3c(Cl)ccc(Cl)c3SC1=C(O)C(=O)O2. The standard InChI is InChI=1S/C14H10Cl2O5S2/c1-2-20-13(19)14-5-22-9-6(15)3-4-7(16)10(9)23-11(14)8(17)12(18)21-14/h3-4,17H,2,5H2,1H3. The number of hydrogen-bond acceptors (Lipinski definition) is 7. The predicted molar refractivity (Wildman–Crippen MR) is 88.2 cm³/mol. The normalized spacial score (nSPS) is 23.0. The number of rotatable bonds is 2. The van der Waals surface area contributed by atoms with Crippen LogP contribution in [0.5, 0.6) is 0 Å². The van der Waals surface area contributed by atoms with Crippen LogP contribution < -0.4 is 0 Å². The highest BCUT2D eigenvalue weighted by molar-refractivity contribution is 8.05. The van der Waals surface area contributed by atoms with Crippen molar-refractivity contribution in [2.24, 2.45) is 0 Å². The van der Waals surface area contributed by atoms with E-state index >= 15 is 0 Å². The molecule has 0 aliphatic carbocycles. The summed E-state index contributed by atoms with van der Waals surface area (Å²) in [5.74, 6) is -2.25. The number of carbonyl (C=O) groups is 2. The van der Waals surface area contributed by atoms with Crippen molar-refractivity contribution in [3.63, 3.8) is 0 Å². The second-order valence-corrected chi connectivity index (χ2v) is 7.51. The molecule has 122 valence electrons. The number of aliphatic hydroxyl groups excluding tert-OH is 1. The summed E-state index contributed by atoms with van der Waals surface area (Å²) in [5.41, 5.74) is -1.68. The van der Waals surface area contributed by atoms with E-state index in [2.05, 4.69) is 0 Å². The van der Waals surface area contributed by atoms with Gasteiger partial charge in [0.1, 0.15) is 0 Å². The first-order chi connectivity index (χ1) is 10.9. The summed E-state index contributed by atoms with van der Waals surface area (Å²) in [6.45, 7) is 1.77. The van der Waals surface area contributed by atoms with Crippen LogP contribution in [0.3, 0.4) is 0 Å². The van der Waals surface area contributed by atoms with E-state index in [0.717, 1.165) is 11.8 Å². The molecule has 2 heterocycles. The average molecular weight is 393 g/mol. The van der Waals surface area contributed by atoms with E-state index in [9.17, 15) is 14.7 Å². The van der Waals surface area contributed by atoms with E-state index in [-0.39, 0.29) is 17.3 Å². The van der Waals surface area contributed by atoms with Gasteiger partial charge in [0.05, 0.1) is 27.3 Å². The number of esters is 2. The molecule has 0 bridgehead atoms. The van der Waals surface area contributed by atoms with Gasteiger partial charge in [-0.05, 0) is 19.1 Å². The van der Waals surface area contributed by atoms with Gasteiger partial charge in [0.25, 0.3) is 5.60 Å². The van der Waals surface area contributed by atoms with E-state index < -0.39 is 23.3 Å². The van der Waals surface area contributed by atoms with Gasteiger partial charge >= 0.3 is 11.9 Å². The third kappa shape index (κ3) is 2.59. The maximum Gasteiger partial charge on any atom is 0.375 e. The van der Waals surface area contributed by atoms with Gasteiger partial charge in [-0.2, -0.15) is 0 Å².